The third-order valence-corrected chi connectivity index (χ3v) is 4.48. The summed E-state index contributed by atoms with van der Waals surface area (Å²) in [7, 11) is 1.53. The van der Waals surface area contributed by atoms with Gasteiger partial charge in [0, 0.05) is 6.54 Å². The molecule has 0 heterocycles. The van der Waals surface area contributed by atoms with Gasteiger partial charge in [0.15, 0.2) is 17.6 Å². The van der Waals surface area contributed by atoms with Gasteiger partial charge in [-0.15, -0.1) is 0 Å². The van der Waals surface area contributed by atoms with E-state index in [1.807, 2.05) is 6.92 Å². The Bertz CT molecular complexity index is 683. The molecule has 0 fully saturated rings. The summed E-state index contributed by atoms with van der Waals surface area (Å²) in [5.74, 6) is 0.137. The molecule has 0 aromatic heterocycles. The number of ether oxygens (including phenoxy) is 3. The third kappa shape index (κ3) is 6.31. The molecule has 0 unspecified atom stereocenters. The molecule has 0 radical (unpaired) electrons. The van der Waals surface area contributed by atoms with Crippen LogP contribution in [0.3, 0.4) is 0 Å². The number of carbonyl (C=O) groups excluding carboxylic acids is 2. The van der Waals surface area contributed by atoms with E-state index < -0.39 is 12.1 Å². The molecular formula is C21H29NO5. The summed E-state index contributed by atoms with van der Waals surface area (Å²) in [6, 6.07) is 4.79. The highest BCUT2D eigenvalue weighted by atomic mass is 16.5. The van der Waals surface area contributed by atoms with Gasteiger partial charge in [-0.1, -0.05) is 11.6 Å². The summed E-state index contributed by atoms with van der Waals surface area (Å²) in [5.41, 5.74) is 1.71. The molecule has 1 atom stereocenters. The average molecular weight is 375 g/mol. The van der Waals surface area contributed by atoms with Gasteiger partial charge in [0.25, 0.3) is 5.91 Å². The lowest BCUT2D eigenvalue weighted by Crippen LogP contribution is -2.36. The molecule has 1 aliphatic rings. The monoisotopic (exact) mass is 375 g/mol. The molecule has 1 aromatic carbocycles. The van der Waals surface area contributed by atoms with Gasteiger partial charge in [-0.3, -0.25) is 4.79 Å². The van der Waals surface area contributed by atoms with Gasteiger partial charge in [-0.25, -0.2) is 4.79 Å². The van der Waals surface area contributed by atoms with Crippen LogP contribution in [-0.2, 0) is 9.53 Å². The Morgan fingerprint density at radius 2 is 2.04 bits per heavy atom. The molecule has 0 bridgehead atoms. The van der Waals surface area contributed by atoms with Crippen LogP contribution in [0.2, 0.25) is 0 Å². The fraction of sp³-hybridized carbons (Fsp3) is 0.524. The van der Waals surface area contributed by atoms with E-state index in [0.29, 0.717) is 30.2 Å². The molecule has 1 aliphatic carbocycles. The lowest BCUT2D eigenvalue weighted by atomic mass is 9.97. The number of esters is 1. The second kappa shape index (κ2) is 10.6. The number of hydrogen-bond donors (Lipinski definition) is 1. The van der Waals surface area contributed by atoms with Gasteiger partial charge in [-0.2, -0.15) is 0 Å². The Morgan fingerprint density at radius 3 is 2.70 bits per heavy atom. The highest BCUT2D eigenvalue weighted by molar-refractivity contribution is 5.92. The fourth-order valence-electron chi connectivity index (χ4n) is 2.98. The summed E-state index contributed by atoms with van der Waals surface area (Å²) < 4.78 is 16.0. The number of amides is 1. The fourth-order valence-corrected chi connectivity index (χ4v) is 2.98. The summed E-state index contributed by atoms with van der Waals surface area (Å²) >= 11 is 0. The molecule has 148 valence electrons. The molecule has 1 N–H and O–H groups in total. The van der Waals surface area contributed by atoms with E-state index in [1.54, 1.807) is 25.1 Å². The smallest absolute Gasteiger partial charge is 0.339 e. The number of rotatable bonds is 9. The number of carbonyl (C=O) groups is 2. The highest BCUT2D eigenvalue weighted by Gasteiger charge is 2.20. The molecular weight excluding hydrogens is 346 g/mol. The predicted molar refractivity (Wildman–Crippen MR) is 103 cm³/mol. The molecule has 0 aliphatic heterocycles. The van der Waals surface area contributed by atoms with Crippen LogP contribution in [0, 0.1) is 0 Å². The Morgan fingerprint density at radius 1 is 1.22 bits per heavy atom. The molecule has 0 saturated heterocycles. The maximum absolute atomic E-state index is 12.3. The van der Waals surface area contributed by atoms with E-state index >= 15 is 0 Å². The van der Waals surface area contributed by atoms with Crippen LogP contribution in [0.5, 0.6) is 11.5 Å². The SMILES string of the molecule is CCOc1cc(C(=O)O[C@H](C)C(=O)NCCC2=CCCCC2)ccc1OC. The molecule has 27 heavy (non-hydrogen) atoms. The first kappa shape index (κ1) is 20.8. The molecule has 2 rings (SSSR count). The number of hydrogen-bond acceptors (Lipinski definition) is 5. The summed E-state index contributed by atoms with van der Waals surface area (Å²) in [5, 5.41) is 2.83. The van der Waals surface area contributed by atoms with Crippen LogP contribution in [0.1, 0.15) is 56.3 Å². The van der Waals surface area contributed by atoms with Crippen molar-refractivity contribution in [2.75, 3.05) is 20.3 Å². The zero-order valence-electron chi connectivity index (χ0n) is 16.4. The van der Waals surface area contributed by atoms with E-state index in [1.165, 1.54) is 25.5 Å². The van der Waals surface area contributed by atoms with Gasteiger partial charge < -0.3 is 19.5 Å². The second-order valence-corrected chi connectivity index (χ2v) is 6.50. The largest absolute Gasteiger partial charge is 0.493 e. The normalized spacial score (nSPS) is 14.7. The van der Waals surface area contributed by atoms with E-state index in [4.69, 9.17) is 14.2 Å². The quantitative estimate of drug-likeness (QED) is 0.527. The molecule has 0 spiro atoms. The summed E-state index contributed by atoms with van der Waals surface area (Å²) in [6.07, 6.45) is 6.96. The van der Waals surface area contributed by atoms with E-state index in [2.05, 4.69) is 11.4 Å². The first-order valence-corrected chi connectivity index (χ1v) is 9.52. The standard InChI is InChI=1S/C21H29NO5/c1-4-26-19-14-17(10-11-18(19)25-3)21(24)27-15(2)20(23)22-13-12-16-8-6-5-7-9-16/h8,10-11,14-15H,4-7,9,12-13H2,1-3H3,(H,22,23)/t15-/m1/s1. The first-order valence-electron chi connectivity index (χ1n) is 9.52. The van der Waals surface area contributed by atoms with Crippen molar-refractivity contribution in [2.24, 2.45) is 0 Å². The Kier molecular flexibility index (Phi) is 8.17. The van der Waals surface area contributed by atoms with Crippen molar-refractivity contribution in [2.45, 2.75) is 52.1 Å². The molecule has 1 aromatic rings. The number of allylic oxidation sites excluding steroid dienone is 1. The van der Waals surface area contributed by atoms with Crippen molar-refractivity contribution < 1.29 is 23.8 Å². The Balaban J connectivity index is 1.85. The van der Waals surface area contributed by atoms with Crippen molar-refractivity contribution in [1.82, 2.24) is 5.32 Å². The van der Waals surface area contributed by atoms with Crippen LogP contribution in [-0.4, -0.2) is 38.2 Å². The topological polar surface area (TPSA) is 73.9 Å². The van der Waals surface area contributed by atoms with Gasteiger partial charge in [0.1, 0.15) is 0 Å². The minimum Gasteiger partial charge on any atom is -0.493 e. The minimum absolute atomic E-state index is 0.293. The number of methoxy groups -OCH3 is 1. The summed E-state index contributed by atoms with van der Waals surface area (Å²) in [6.45, 7) is 4.42. The van der Waals surface area contributed by atoms with Gasteiger partial charge in [0.05, 0.1) is 19.3 Å². The number of benzene rings is 1. The maximum atomic E-state index is 12.3. The molecule has 1 amide bonds. The van der Waals surface area contributed by atoms with Crippen molar-refractivity contribution in [1.29, 1.82) is 0 Å². The zero-order valence-corrected chi connectivity index (χ0v) is 16.4. The van der Waals surface area contributed by atoms with Gasteiger partial charge in [-0.05, 0) is 64.2 Å². The zero-order chi connectivity index (χ0) is 19.6. The lowest BCUT2D eigenvalue weighted by molar-refractivity contribution is -0.129. The van der Waals surface area contributed by atoms with Crippen molar-refractivity contribution in [3.8, 4) is 11.5 Å². The lowest BCUT2D eigenvalue weighted by Gasteiger charge is -2.16. The molecule has 0 saturated carbocycles. The Hall–Kier alpha value is -2.50. The van der Waals surface area contributed by atoms with Gasteiger partial charge in [0.2, 0.25) is 0 Å². The maximum Gasteiger partial charge on any atom is 0.339 e. The van der Waals surface area contributed by atoms with E-state index in [-0.39, 0.29) is 5.91 Å². The Labute approximate surface area is 160 Å². The van der Waals surface area contributed by atoms with E-state index in [9.17, 15) is 9.59 Å². The van der Waals surface area contributed by atoms with Gasteiger partial charge >= 0.3 is 5.97 Å². The van der Waals surface area contributed by atoms with Crippen LogP contribution < -0.4 is 14.8 Å². The van der Waals surface area contributed by atoms with E-state index in [0.717, 1.165) is 19.3 Å². The van der Waals surface area contributed by atoms with Crippen molar-refractivity contribution in [3.05, 3.63) is 35.4 Å². The minimum atomic E-state index is -0.865. The predicted octanol–water partition coefficient (Wildman–Crippen LogP) is 3.65. The first-order chi connectivity index (χ1) is 13.0. The number of nitrogens with one attached hydrogen (secondary N) is 1. The van der Waals surface area contributed by atoms with Crippen LogP contribution in [0.4, 0.5) is 0 Å². The van der Waals surface area contributed by atoms with Crippen molar-refractivity contribution in [3.63, 3.8) is 0 Å². The second-order valence-electron chi connectivity index (χ2n) is 6.50. The molecule has 6 heteroatoms. The van der Waals surface area contributed by atoms with Crippen LogP contribution in [0.15, 0.2) is 29.8 Å². The highest BCUT2D eigenvalue weighted by Crippen LogP contribution is 2.28. The van der Waals surface area contributed by atoms with Crippen molar-refractivity contribution >= 4 is 11.9 Å². The third-order valence-electron chi connectivity index (χ3n) is 4.48. The average Bonchev–Trinajstić information content (AvgIpc) is 2.68. The molecule has 6 nitrogen and oxygen atoms in total. The van der Waals surface area contributed by atoms with Crippen LogP contribution in [0.25, 0.3) is 0 Å². The van der Waals surface area contributed by atoms with Crippen LogP contribution >= 0.6 is 0 Å². The summed E-state index contributed by atoms with van der Waals surface area (Å²) in [4.78, 5) is 24.5.